The first-order valence-corrected chi connectivity index (χ1v) is 8.22. The van der Waals surface area contributed by atoms with Crippen LogP contribution in [0, 0.1) is 5.92 Å². The van der Waals surface area contributed by atoms with E-state index in [2.05, 4.69) is 34.3 Å². The molecule has 1 unspecified atom stereocenters. The minimum atomic E-state index is 0.590. The molecule has 0 aromatic carbocycles. The molecule has 21 heavy (non-hydrogen) atoms. The number of pyridine rings is 1. The van der Waals surface area contributed by atoms with Gasteiger partial charge in [-0.1, -0.05) is 0 Å². The number of ether oxygens (including phenoxy) is 1. The number of anilines is 1. The maximum absolute atomic E-state index is 5.29. The topological polar surface area (TPSA) is 37.4 Å². The van der Waals surface area contributed by atoms with Crippen molar-refractivity contribution in [2.45, 2.75) is 51.2 Å². The van der Waals surface area contributed by atoms with Gasteiger partial charge in [0.05, 0.1) is 12.3 Å². The van der Waals surface area contributed by atoms with Crippen LogP contribution >= 0.6 is 0 Å². The van der Waals surface area contributed by atoms with Gasteiger partial charge in [-0.2, -0.15) is 0 Å². The molecule has 2 fully saturated rings. The van der Waals surface area contributed by atoms with Crippen molar-refractivity contribution < 1.29 is 4.74 Å². The van der Waals surface area contributed by atoms with Crippen molar-refractivity contribution in [1.29, 1.82) is 0 Å². The van der Waals surface area contributed by atoms with Crippen LogP contribution in [-0.2, 0) is 11.3 Å². The van der Waals surface area contributed by atoms with Crippen LogP contribution in [0.3, 0.4) is 0 Å². The third-order valence-corrected chi connectivity index (χ3v) is 4.61. The van der Waals surface area contributed by atoms with Crippen LogP contribution in [-0.4, -0.2) is 37.3 Å². The maximum atomic E-state index is 5.29. The van der Waals surface area contributed by atoms with Crippen molar-refractivity contribution >= 4 is 5.69 Å². The summed E-state index contributed by atoms with van der Waals surface area (Å²) in [6, 6.07) is 5.69. The Morgan fingerprint density at radius 2 is 2.19 bits per heavy atom. The van der Waals surface area contributed by atoms with E-state index in [-0.39, 0.29) is 0 Å². The summed E-state index contributed by atoms with van der Waals surface area (Å²) >= 11 is 0. The molecular formula is C17H27N3O. The average Bonchev–Trinajstić information content (AvgIpc) is 3.40. The van der Waals surface area contributed by atoms with Gasteiger partial charge in [-0.05, 0) is 50.7 Å². The van der Waals surface area contributed by atoms with Crippen LogP contribution in [0.1, 0.15) is 38.3 Å². The van der Waals surface area contributed by atoms with Gasteiger partial charge in [0.25, 0.3) is 0 Å². The van der Waals surface area contributed by atoms with Crippen LogP contribution in [0.15, 0.2) is 18.3 Å². The second kappa shape index (κ2) is 6.75. The van der Waals surface area contributed by atoms with Crippen LogP contribution in [0.5, 0.6) is 0 Å². The number of nitrogens with zero attached hydrogens (tertiary/aromatic N) is 2. The smallest absolute Gasteiger partial charge is 0.0637 e. The summed E-state index contributed by atoms with van der Waals surface area (Å²) < 4.78 is 5.29. The Morgan fingerprint density at radius 3 is 2.86 bits per heavy atom. The summed E-state index contributed by atoms with van der Waals surface area (Å²) in [6.07, 6.45) is 7.31. The molecule has 116 valence electrons. The van der Waals surface area contributed by atoms with E-state index in [1.54, 1.807) is 7.11 Å². The minimum absolute atomic E-state index is 0.590. The quantitative estimate of drug-likeness (QED) is 0.758. The van der Waals surface area contributed by atoms with E-state index < -0.39 is 0 Å². The molecule has 1 aromatic heterocycles. The molecule has 1 N–H and O–H groups in total. The molecule has 0 amide bonds. The van der Waals surface area contributed by atoms with E-state index in [0.29, 0.717) is 6.04 Å². The number of hydrogen-bond donors (Lipinski definition) is 1. The zero-order valence-electron chi connectivity index (χ0n) is 13.2. The SMILES string of the molecule is COCCN(c1ccnc(CNC2CC2)c1)C(C)C1CC1. The molecule has 1 heterocycles. The molecule has 3 rings (SSSR count). The highest BCUT2D eigenvalue weighted by Crippen LogP contribution is 2.36. The maximum Gasteiger partial charge on any atom is 0.0637 e. The number of hydrogen-bond acceptors (Lipinski definition) is 4. The normalized spacial score (nSPS) is 19.5. The average molecular weight is 289 g/mol. The molecule has 1 atom stereocenters. The van der Waals surface area contributed by atoms with E-state index in [9.17, 15) is 0 Å². The molecule has 0 aliphatic heterocycles. The summed E-state index contributed by atoms with van der Waals surface area (Å²) in [4.78, 5) is 6.99. The lowest BCUT2D eigenvalue weighted by atomic mass is 10.1. The fraction of sp³-hybridized carbons (Fsp3) is 0.706. The molecule has 2 aliphatic rings. The molecule has 0 radical (unpaired) electrons. The Labute approximate surface area is 127 Å². The minimum Gasteiger partial charge on any atom is -0.383 e. The number of methoxy groups -OCH3 is 1. The van der Waals surface area contributed by atoms with Gasteiger partial charge < -0.3 is 15.0 Å². The summed E-state index contributed by atoms with van der Waals surface area (Å²) in [7, 11) is 1.78. The zero-order valence-corrected chi connectivity index (χ0v) is 13.2. The Hall–Kier alpha value is -1.13. The highest BCUT2D eigenvalue weighted by Gasteiger charge is 2.32. The van der Waals surface area contributed by atoms with Crippen LogP contribution in [0.4, 0.5) is 5.69 Å². The molecule has 4 heteroatoms. The highest BCUT2D eigenvalue weighted by atomic mass is 16.5. The van der Waals surface area contributed by atoms with E-state index in [1.807, 2.05) is 6.20 Å². The van der Waals surface area contributed by atoms with Crippen molar-refractivity contribution in [2.75, 3.05) is 25.2 Å². The molecule has 2 saturated carbocycles. The monoisotopic (exact) mass is 289 g/mol. The Bertz CT molecular complexity index is 457. The molecule has 0 bridgehead atoms. The van der Waals surface area contributed by atoms with Gasteiger partial charge in [-0.25, -0.2) is 0 Å². The van der Waals surface area contributed by atoms with Crippen LogP contribution in [0.2, 0.25) is 0 Å². The largest absolute Gasteiger partial charge is 0.383 e. The summed E-state index contributed by atoms with van der Waals surface area (Å²) in [5.41, 5.74) is 2.43. The van der Waals surface area contributed by atoms with Crippen molar-refractivity contribution in [2.24, 2.45) is 5.92 Å². The van der Waals surface area contributed by atoms with Gasteiger partial charge in [0, 0.05) is 44.2 Å². The third kappa shape index (κ3) is 4.17. The van der Waals surface area contributed by atoms with Crippen molar-refractivity contribution in [3.8, 4) is 0 Å². The zero-order chi connectivity index (χ0) is 14.7. The molecule has 0 saturated heterocycles. The van der Waals surface area contributed by atoms with Crippen molar-refractivity contribution in [1.82, 2.24) is 10.3 Å². The molecule has 0 spiro atoms. The van der Waals surface area contributed by atoms with Crippen LogP contribution < -0.4 is 10.2 Å². The summed E-state index contributed by atoms with van der Waals surface area (Å²) in [6.45, 7) is 4.95. The van der Waals surface area contributed by atoms with E-state index in [4.69, 9.17) is 4.74 Å². The van der Waals surface area contributed by atoms with Gasteiger partial charge >= 0.3 is 0 Å². The number of nitrogens with one attached hydrogen (secondary N) is 1. The molecule has 2 aliphatic carbocycles. The number of rotatable bonds is 9. The van der Waals surface area contributed by atoms with E-state index in [1.165, 1.54) is 31.4 Å². The number of aromatic nitrogens is 1. The fourth-order valence-corrected chi connectivity index (χ4v) is 2.87. The van der Waals surface area contributed by atoms with Crippen molar-refractivity contribution in [3.63, 3.8) is 0 Å². The van der Waals surface area contributed by atoms with Crippen molar-refractivity contribution in [3.05, 3.63) is 24.0 Å². The third-order valence-electron chi connectivity index (χ3n) is 4.61. The summed E-state index contributed by atoms with van der Waals surface area (Å²) in [5.74, 6) is 0.850. The second-order valence-electron chi connectivity index (χ2n) is 6.42. The van der Waals surface area contributed by atoms with Gasteiger partial charge in [0.1, 0.15) is 0 Å². The standard InChI is InChI=1S/C17H27N3O/c1-13(14-3-4-14)20(9-10-21-2)17-7-8-18-16(11-17)12-19-15-5-6-15/h7-8,11,13-15,19H,3-6,9-10,12H2,1-2H3. The Morgan fingerprint density at radius 1 is 1.38 bits per heavy atom. The van der Waals surface area contributed by atoms with E-state index in [0.717, 1.165) is 37.4 Å². The predicted molar refractivity (Wildman–Crippen MR) is 85.5 cm³/mol. The van der Waals surface area contributed by atoms with Crippen LogP contribution in [0.25, 0.3) is 0 Å². The lowest BCUT2D eigenvalue weighted by Crippen LogP contribution is -2.37. The first kappa shape index (κ1) is 14.8. The predicted octanol–water partition coefficient (Wildman–Crippen LogP) is 2.58. The van der Waals surface area contributed by atoms with E-state index >= 15 is 0 Å². The van der Waals surface area contributed by atoms with Gasteiger partial charge in [0.15, 0.2) is 0 Å². The van der Waals surface area contributed by atoms with Gasteiger partial charge in [-0.3, -0.25) is 4.98 Å². The highest BCUT2D eigenvalue weighted by molar-refractivity contribution is 5.48. The lowest BCUT2D eigenvalue weighted by molar-refractivity contribution is 0.202. The first-order chi connectivity index (χ1) is 10.3. The van der Waals surface area contributed by atoms with Gasteiger partial charge in [0.2, 0.25) is 0 Å². The summed E-state index contributed by atoms with van der Waals surface area (Å²) in [5, 5.41) is 3.54. The fourth-order valence-electron chi connectivity index (χ4n) is 2.87. The first-order valence-electron chi connectivity index (χ1n) is 8.22. The van der Waals surface area contributed by atoms with Gasteiger partial charge in [-0.15, -0.1) is 0 Å². The molecule has 4 nitrogen and oxygen atoms in total. The molecule has 1 aromatic rings. The second-order valence-corrected chi connectivity index (χ2v) is 6.42. The Balaban J connectivity index is 1.68. The molecular weight excluding hydrogens is 262 g/mol. The Kier molecular flexibility index (Phi) is 4.76. The lowest BCUT2D eigenvalue weighted by Gasteiger charge is -2.31.